The summed E-state index contributed by atoms with van der Waals surface area (Å²) in [5.41, 5.74) is 0.500. The molecule has 0 unspecified atom stereocenters. The van der Waals surface area contributed by atoms with Gasteiger partial charge in [-0.2, -0.15) is 0 Å². The molecular weight excluding hydrogens is 245 g/mol. The maximum Gasteiger partial charge on any atom is 0.165 e. The van der Waals surface area contributed by atoms with Gasteiger partial charge >= 0.3 is 0 Å². The van der Waals surface area contributed by atoms with Gasteiger partial charge in [-0.15, -0.1) is 0 Å². The van der Waals surface area contributed by atoms with Crippen molar-refractivity contribution < 1.29 is 4.79 Å². The molecule has 0 saturated carbocycles. The first-order valence-electron chi connectivity index (χ1n) is 5.23. The van der Waals surface area contributed by atoms with E-state index in [-0.39, 0.29) is 5.78 Å². The van der Waals surface area contributed by atoms with Crippen molar-refractivity contribution in [3.8, 4) is 0 Å². The van der Waals surface area contributed by atoms with Gasteiger partial charge in [0.05, 0.1) is 10.0 Å². The van der Waals surface area contributed by atoms with Crippen LogP contribution in [0, 0.1) is 0 Å². The largest absolute Gasteiger partial charge is 0.314 e. The predicted molar refractivity (Wildman–Crippen MR) is 68.5 cm³/mol. The van der Waals surface area contributed by atoms with Crippen LogP contribution >= 0.6 is 23.2 Å². The molecule has 0 aliphatic rings. The van der Waals surface area contributed by atoms with E-state index < -0.39 is 0 Å². The fourth-order valence-electron chi connectivity index (χ4n) is 1.33. The molecule has 16 heavy (non-hydrogen) atoms. The summed E-state index contributed by atoms with van der Waals surface area (Å²) in [4.78, 5) is 11.8. The number of hydrogen-bond donors (Lipinski definition) is 1. The van der Waals surface area contributed by atoms with Gasteiger partial charge in [0.2, 0.25) is 0 Å². The second-order valence-electron chi connectivity index (χ2n) is 3.88. The summed E-state index contributed by atoms with van der Waals surface area (Å²) in [5.74, 6) is 0.0145. The minimum atomic E-state index is 0.0145. The van der Waals surface area contributed by atoms with Crippen molar-refractivity contribution in [2.75, 3.05) is 6.54 Å². The standard InChI is InChI=1S/C12H15Cl2NO/c1-8(2)15-7-6-11(16)9-4-3-5-10(13)12(9)14/h3-5,8,15H,6-7H2,1-2H3. The molecule has 0 heterocycles. The van der Waals surface area contributed by atoms with Gasteiger partial charge in [-0.3, -0.25) is 4.79 Å². The van der Waals surface area contributed by atoms with Crippen molar-refractivity contribution in [2.24, 2.45) is 0 Å². The summed E-state index contributed by atoms with van der Waals surface area (Å²) in [6.45, 7) is 4.73. The highest BCUT2D eigenvalue weighted by atomic mass is 35.5. The molecule has 88 valence electrons. The van der Waals surface area contributed by atoms with Crippen molar-refractivity contribution in [1.82, 2.24) is 5.32 Å². The predicted octanol–water partition coefficient (Wildman–Crippen LogP) is 3.56. The molecule has 0 aliphatic heterocycles. The molecular formula is C12H15Cl2NO. The Bertz CT molecular complexity index is 377. The average Bonchev–Trinajstić information content (AvgIpc) is 2.21. The van der Waals surface area contributed by atoms with Gasteiger partial charge in [-0.1, -0.05) is 43.1 Å². The molecule has 2 nitrogen and oxygen atoms in total. The third kappa shape index (κ3) is 3.78. The average molecular weight is 260 g/mol. The molecule has 0 spiro atoms. The zero-order chi connectivity index (χ0) is 12.1. The quantitative estimate of drug-likeness (QED) is 0.820. The number of carbonyl (C=O) groups excluding carboxylic acids is 1. The van der Waals surface area contributed by atoms with E-state index in [1.54, 1.807) is 18.2 Å². The van der Waals surface area contributed by atoms with Gasteiger partial charge in [-0.25, -0.2) is 0 Å². The highest BCUT2D eigenvalue weighted by molar-refractivity contribution is 6.43. The Morgan fingerprint density at radius 1 is 1.38 bits per heavy atom. The van der Waals surface area contributed by atoms with Crippen molar-refractivity contribution in [3.63, 3.8) is 0 Å². The van der Waals surface area contributed by atoms with E-state index in [0.29, 0.717) is 34.6 Å². The number of rotatable bonds is 5. The lowest BCUT2D eigenvalue weighted by molar-refractivity contribution is 0.0982. The number of carbonyl (C=O) groups is 1. The highest BCUT2D eigenvalue weighted by Gasteiger charge is 2.12. The number of halogens is 2. The summed E-state index contributed by atoms with van der Waals surface area (Å²) in [6.07, 6.45) is 0.429. The van der Waals surface area contributed by atoms with E-state index in [1.165, 1.54) is 0 Å². The lowest BCUT2D eigenvalue weighted by Gasteiger charge is -2.08. The lowest BCUT2D eigenvalue weighted by Crippen LogP contribution is -2.25. The van der Waals surface area contributed by atoms with Gasteiger partial charge in [-0.05, 0) is 12.1 Å². The topological polar surface area (TPSA) is 29.1 Å². The van der Waals surface area contributed by atoms with Gasteiger partial charge < -0.3 is 5.32 Å². The van der Waals surface area contributed by atoms with Crippen molar-refractivity contribution in [3.05, 3.63) is 33.8 Å². The minimum absolute atomic E-state index is 0.0145. The first-order valence-corrected chi connectivity index (χ1v) is 5.98. The summed E-state index contributed by atoms with van der Waals surface area (Å²) in [7, 11) is 0. The van der Waals surface area contributed by atoms with Crippen molar-refractivity contribution in [2.45, 2.75) is 26.3 Å². The van der Waals surface area contributed by atoms with Gasteiger partial charge in [0.1, 0.15) is 0 Å². The molecule has 4 heteroatoms. The zero-order valence-electron chi connectivity index (χ0n) is 9.39. The number of hydrogen-bond acceptors (Lipinski definition) is 2. The molecule has 0 aromatic heterocycles. The van der Waals surface area contributed by atoms with Crippen LogP contribution in [-0.2, 0) is 0 Å². The van der Waals surface area contributed by atoms with Crippen LogP contribution in [0.3, 0.4) is 0 Å². The van der Waals surface area contributed by atoms with Gasteiger partial charge in [0.25, 0.3) is 0 Å². The maximum atomic E-state index is 11.8. The van der Waals surface area contributed by atoms with Crippen LogP contribution in [0.15, 0.2) is 18.2 Å². The van der Waals surface area contributed by atoms with E-state index >= 15 is 0 Å². The Hall–Kier alpha value is -0.570. The number of Topliss-reactive ketones (excluding diaryl/α,β-unsaturated/α-hetero) is 1. The molecule has 0 aliphatic carbocycles. The van der Waals surface area contributed by atoms with Crippen LogP contribution in [0.4, 0.5) is 0 Å². The van der Waals surface area contributed by atoms with Gasteiger partial charge in [0, 0.05) is 24.6 Å². The Kier molecular flexibility index (Phi) is 5.26. The molecule has 0 saturated heterocycles. The fraction of sp³-hybridized carbons (Fsp3) is 0.417. The monoisotopic (exact) mass is 259 g/mol. The Morgan fingerprint density at radius 2 is 2.06 bits per heavy atom. The van der Waals surface area contributed by atoms with E-state index in [1.807, 2.05) is 13.8 Å². The molecule has 1 N–H and O–H groups in total. The molecule has 0 radical (unpaired) electrons. The molecule has 0 fully saturated rings. The second-order valence-corrected chi connectivity index (χ2v) is 4.67. The van der Waals surface area contributed by atoms with Crippen LogP contribution in [0.25, 0.3) is 0 Å². The van der Waals surface area contributed by atoms with E-state index in [2.05, 4.69) is 5.32 Å². The molecule has 1 rings (SSSR count). The number of benzene rings is 1. The normalized spacial score (nSPS) is 10.8. The Balaban J connectivity index is 2.63. The second kappa shape index (κ2) is 6.24. The smallest absolute Gasteiger partial charge is 0.165 e. The van der Waals surface area contributed by atoms with Crippen LogP contribution in [0.1, 0.15) is 30.6 Å². The summed E-state index contributed by atoms with van der Waals surface area (Å²) < 4.78 is 0. The first kappa shape index (κ1) is 13.5. The van der Waals surface area contributed by atoms with Crippen molar-refractivity contribution >= 4 is 29.0 Å². The van der Waals surface area contributed by atoms with Crippen LogP contribution in [0.5, 0.6) is 0 Å². The van der Waals surface area contributed by atoms with Crippen molar-refractivity contribution in [1.29, 1.82) is 0 Å². The lowest BCUT2D eigenvalue weighted by atomic mass is 10.1. The molecule has 0 bridgehead atoms. The number of ketones is 1. The number of nitrogens with one attached hydrogen (secondary N) is 1. The third-order valence-corrected chi connectivity index (χ3v) is 2.98. The fourth-order valence-corrected chi connectivity index (χ4v) is 1.73. The molecule has 0 amide bonds. The Labute approximate surface area is 106 Å². The molecule has 1 aromatic carbocycles. The van der Waals surface area contributed by atoms with Gasteiger partial charge in [0.15, 0.2) is 5.78 Å². The summed E-state index contributed by atoms with van der Waals surface area (Å²) in [6, 6.07) is 5.48. The third-order valence-electron chi connectivity index (χ3n) is 2.16. The van der Waals surface area contributed by atoms with Crippen LogP contribution in [-0.4, -0.2) is 18.4 Å². The summed E-state index contributed by atoms with van der Waals surface area (Å²) in [5, 5.41) is 3.95. The van der Waals surface area contributed by atoms with E-state index in [9.17, 15) is 4.79 Å². The minimum Gasteiger partial charge on any atom is -0.314 e. The highest BCUT2D eigenvalue weighted by Crippen LogP contribution is 2.26. The Morgan fingerprint density at radius 3 is 2.69 bits per heavy atom. The summed E-state index contributed by atoms with van der Waals surface area (Å²) >= 11 is 11.8. The molecule has 1 aromatic rings. The van der Waals surface area contributed by atoms with Crippen LogP contribution < -0.4 is 5.32 Å². The first-order chi connectivity index (χ1) is 7.52. The maximum absolute atomic E-state index is 11.8. The zero-order valence-corrected chi connectivity index (χ0v) is 10.9. The molecule has 0 atom stereocenters. The van der Waals surface area contributed by atoms with Crippen LogP contribution in [0.2, 0.25) is 10.0 Å². The van der Waals surface area contributed by atoms with E-state index in [4.69, 9.17) is 23.2 Å². The SMILES string of the molecule is CC(C)NCCC(=O)c1cccc(Cl)c1Cl. The van der Waals surface area contributed by atoms with E-state index in [0.717, 1.165) is 0 Å².